The Morgan fingerprint density at radius 2 is 2.06 bits per heavy atom. The minimum atomic E-state index is -0.475. The van der Waals surface area contributed by atoms with E-state index in [0.29, 0.717) is 11.5 Å². The molecule has 2 rings (SSSR count). The molecular weight excluding hydrogens is 224 g/mol. The topological polar surface area (TPSA) is 50.9 Å². The number of pyridine rings is 1. The minimum absolute atomic E-state index is 0.130. The van der Waals surface area contributed by atoms with Gasteiger partial charge in [-0.05, 0) is 30.3 Å². The van der Waals surface area contributed by atoms with E-state index in [4.69, 9.17) is 5.73 Å². The minimum Gasteiger partial charge on any atom is -0.396 e. The lowest BCUT2D eigenvalue weighted by atomic mass is 10.2. The van der Waals surface area contributed by atoms with Crippen molar-refractivity contribution in [2.75, 3.05) is 11.1 Å². The summed E-state index contributed by atoms with van der Waals surface area (Å²) in [6, 6.07) is 6.68. The lowest BCUT2D eigenvalue weighted by Gasteiger charge is -2.08. The normalized spacial score (nSPS) is 10.2. The van der Waals surface area contributed by atoms with Gasteiger partial charge in [0.05, 0.1) is 5.69 Å². The maximum absolute atomic E-state index is 13.3. The molecule has 3 N–H and O–H groups in total. The second-order valence-electron chi connectivity index (χ2n) is 3.53. The van der Waals surface area contributed by atoms with Crippen LogP contribution in [0.15, 0.2) is 36.5 Å². The molecule has 0 aliphatic carbocycles. The molecule has 0 atom stereocenters. The fourth-order valence-corrected chi connectivity index (χ4v) is 1.42. The van der Waals surface area contributed by atoms with Gasteiger partial charge in [-0.15, -0.1) is 0 Å². The molecule has 0 unspecified atom stereocenters. The summed E-state index contributed by atoms with van der Waals surface area (Å²) >= 11 is 0. The zero-order chi connectivity index (χ0) is 12.3. The van der Waals surface area contributed by atoms with Crippen molar-refractivity contribution in [3.8, 4) is 0 Å². The third kappa shape index (κ3) is 2.69. The molecule has 1 heterocycles. The Bertz CT molecular complexity index is 529. The molecule has 5 heteroatoms. The number of anilines is 2. The Morgan fingerprint density at radius 1 is 1.24 bits per heavy atom. The fourth-order valence-electron chi connectivity index (χ4n) is 1.42. The zero-order valence-corrected chi connectivity index (χ0v) is 8.95. The van der Waals surface area contributed by atoms with Crippen LogP contribution < -0.4 is 11.1 Å². The number of nitrogens with one attached hydrogen (secondary N) is 1. The smallest absolute Gasteiger partial charge is 0.149 e. The molecule has 0 aliphatic rings. The van der Waals surface area contributed by atoms with Crippen molar-refractivity contribution in [2.45, 2.75) is 6.54 Å². The zero-order valence-electron chi connectivity index (χ0n) is 8.95. The first-order valence-electron chi connectivity index (χ1n) is 5.05. The molecule has 0 aliphatic heterocycles. The van der Waals surface area contributed by atoms with E-state index in [-0.39, 0.29) is 12.1 Å². The van der Waals surface area contributed by atoms with E-state index in [1.807, 2.05) is 0 Å². The van der Waals surface area contributed by atoms with Crippen molar-refractivity contribution in [2.24, 2.45) is 0 Å². The molecule has 0 saturated carbocycles. The summed E-state index contributed by atoms with van der Waals surface area (Å²) in [5.74, 6) is -0.484. The van der Waals surface area contributed by atoms with Gasteiger partial charge in [-0.1, -0.05) is 0 Å². The first kappa shape index (κ1) is 11.3. The van der Waals surface area contributed by atoms with Crippen LogP contribution in [0.3, 0.4) is 0 Å². The van der Waals surface area contributed by atoms with Gasteiger partial charge >= 0.3 is 0 Å². The van der Waals surface area contributed by atoms with Crippen LogP contribution in [-0.2, 0) is 6.54 Å². The van der Waals surface area contributed by atoms with E-state index >= 15 is 0 Å². The number of halogens is 2. The molecule has 1 aromatic carbocycles. The average Bonchev–Trinajstić information content (AvgIpc) is 2.32. The van der Waals surface area contributed by atoms with Crippen LogP contribution >= 0.6 is 0 Å². The third-order valence-corrected chi connectivity index (χ3v) is 2.29. The summed E-state index contributed by atoms with van der Waals surface area (Å²) < 4.78 is 26.2. The predicted molar refractivity (Wildman–Crippen MR) is 62.3 cm³/mol. The first-order chi connectivity index (χ1) is 8.16. The van der Waals surface area contributed by atoms with E-state index in [2.05, 4.69) is 10.3 Å². The highest BCUT2D eigenvalue weighted by Crippen LogP contribution is 2.16. The lowest BCUT2D eigenvalue weighted by Crippen LogP contribution is -2.06. The monoisotopic (exact) mass is 235 g/mol. The maximum Gasteiger partial charge on any atom is 0.149 e. The summed E-state index contributed by atoms with van der Waals surface area (Å²) in [6.07, 6.45) is 1.57. The molecule has 88 valence electrons. The lowest BCUT2D eigenvalue weighted by molar-refractivity contribution is 0.587. The number of hydrogen-bond donors (Lipinski definition) is 2. The molecular formula is C12H11F2N3. The van der Waals surface area contributed by atoms with Gasteiger partial charge in [0.2, 0.25) is 0 Å². The molecule has 3 nitrogen and oxygen atoms in total. The van der Waals surface area contributed by atoms with E-state index in [9.17, 15) is 8.78 Å². The second-order valence-corrected chi connectivity index (χ2v) is 3.53. The Kier molecular flexibility index (Phi) is 3.18. The van der Waals surface area contributed by atoms with Crippen molar-refractivity contribution in [1.82, 2.24) is 4.98 Å². The molecule has 0 saturated heterocycles. The highest BCUT2D eigenvalue weighted by atomic mass is 19.1. The van der Waals surface area contributed by atoms with Crippen molar-refractivity contribution in [3.63, 3.8) is 0 Å². The van der Waals surface area contributed by atoms with Crippen LogP contribution in [0.1, 0.15) is 5.56 Å². The molecule has 17 heavy (non-hydrogen) atoms. The maximum atomic E-state index is 13.3. The number of nitrogens with two attached hydrogens (primary N) is 1. The number of nitrogen functional groups attached to an aromatic ring is 1. The van der Waals surface area contributed by atoms with Gasteiger partial charge in [-0.3, -0.25) is 0 Å². The second kappa shape index (κ2) is 4.78. The van der Waals surface area contributed by atoms with E-state index in [0.717, 1.165) is 18.2 Å². The van der Waals surface area contributed by atoms with E-state index < -0.39 is 11.6 Å². The van der Waals surface area contributed by atoms with Crippen molar-refractivity contribution >= 4 is 11.5 Å². The van der Waals surface area contributed by atoms with Gasteiger partial charge in [0, 0.05) is 18.3 Å². The number of benzene rings is 1. The van der Waals surface area contributed by atoms with Gasteiger partial charge < -0.3 is 11.1 Å². The van der Waals surface area contributed by atoms with Crippen molar-refractivity contribution < 1.29 is 8.78 Å². The van der Waals surface area contributed by atoms with Gasteiger partial charge in [-0.25, -0.2) is 13.8 Å². The summed E-state index contributed by atoms with van der Waals surface area (Å²) in [7, 11) is 0. The summed E-state index contributed by atoms with van der Waals surface area (Å²) in [5.41, 5.74) is 6.35. The number of rotatable bonds is 3. The van der Waals surface area contributed by atoms with Crippen LogP contribution in [0.5, 0.6) is 0 Å². The Balaban J connectivity index is 2.12. The van der Waals surface area contributed by atoms with Gasteiger partial charge in [0.1, 0.15) is 17.5 Å². The van der Waals surface area contributed by atoms with Crippen LogP contribution in [0, 0.1) is 11.6 Å². The number of nitrogens with zero attached hydrogens (tertiary/aromatic N) is 1. The van der Waals surface area contributed by atoms with Crippen molar-refractivity contribution in [1.29, 1.82) is 0 Å². The predicted octanol–water partition coefficient (Wildman–Crippen LogP) is 2.55. The van der Waals surface area contributed by atoms with Gasteiger partial charge in [0.15, 0.2) is 0 Å². The SMILES string of the molecule is Nc1cccnc1NCc1cc(F)ccc1F. The van der Waals surface area contributed by atoms with E-state index in [1.54, 1.807) is 18.3 Å². The highest BCUT2D eigenvalue weighted by Gasteiger charge is 2.05. The third-order valence-electron chi connectivity index (χ3n) is 2.29. The molecule has 0 spiro atoms. The molecule has 0 amide bonds. The van der Waals surface area contributed by atoms with Gasteiger partial charge in [-0.2, -0.15) is 0 Å². The highest BCUT2D eigenvalue weighted by molar-refractivity contribution is 5.60. The molecule has 2 aromatic rings. The number of hydrogen-bond acceptors (Lipinski definition) is 3. The van der Waals surface area contributed by atoms with Gasteiger partial charge in [0.25, 0.3) is 0 Å². The number of aromatic nitrogens is 1. The molecule has 0 radical (unpaired) electrons. The quantitative estimate of drug-likeness (QED) is 0.859. The Labute approximate surface area is 97.3 Å². The standard InChI is InChI=1S/C12H11F2N3/c13-9-3-4-10(14)8(6-9)7-17-12-11(15)2-1-5-16-12/h1-6H,7,15H2,(H,16,17). The van der Waals surface area contributed by atoms with Crippen LogP contribution in [0.4, 0.5) is 20.3 Å². The van der Waals surface area contributed by atoms with Crippen LogP contribution in [-0.4, -0.2) is 4.98 Å². The molecule has 0 bridgehead atoms. The average molecular weight is 235 g/mol. The van der Waals surface area contributed by atoms with Crippen LogP contribution in [0.2, 0.25) is 0 Å². The van der Waals surface area contributed by atoms with E-state index in [1.165, 1.54) is 0 Å². The van der Waals surface area contributed by atoms with Crippen LogP contribution in [0.25, 0.3) is 0 Å². The summed E-state index contributed by atoms with van der Waals surface area (Å²) in [6.45, 7) is 0.130. The summed E-state index contributed by atoms with van der Waals surface area (Å²) in [5, 5.41) is 2.85. The molecule has 0 fully saturated rings. The first-order valence-corrected chi connectivity index (χ1v) is 5.05. The Hall–Kier alpha value is -2.17. The molecule has 1 aromatic heterocycles. The largest absolute Gasteiger partial charge is 0.396 e. The van der Waals surface area contributed by atoms with Crippen molar-refractivity contribution in [3.05, 3.63) is 53.7 Å². The summed E-state index contributed by atoms with van der Waals surface area (Å²) in [4.78, 5) is 3.99. The Morgan fingerprint density at radius 3 is 2.82 bits per heavy atom. The fraction of sp³-hybridized carbons (Fsp3) is 0.0833.